The van der Waals surface area contributed by atoms with Crippen LogP contribution in [0.5, 0.6) is 0 Å². The number of halogens is 1. The van der Waals surface area contributed by atoms with Gasteiger partial charge in [-0.3, -0.25) is 9.69 Å². The minimum atomic E-state index is -0.150. The highest BCUT2D eigenvalue weighted by Crippen LogP contribution is 2.21. The second-order valence-electron chi connectivity index (χ2n) is 8.22. The number of para-hydroxylation sites is 1. The Bertz CT molecular complexity index is 809. The SMILES string of the molecule is O=C(NC1CCCCC1)c1ccc(CN2CCN(c3ccccc3F)CC2)cc1. The van der Waals surface area contributed by atoms with Gasteiger partial charge >= 0.3 is 0 Å². The Morgan fingerprint density at radius 3 is 2.31 bits per heavy atom. The highest BCUT2D eigenvalue weighted by molar-refractivity contribution is 5.94. The predicted molar refractivity (Wildman–Crippen MR) is 115 cm³/mol. The first-order valence-electron chi connectivity index (χ1n) is 10.8. The maximum absolute atomic E-state index is 14.0. The van der Waals surface area contributed by atoms with Crippen LogP contribution in [0.3, 0.4) is 0 Å². The van der Waals surface area contributed by atoms with E-state index in [1.165, 1.54) is 30.9 Å². The first-order chi connectivity index (χ1) is 14.2. The molecule has 0 unspecified atom stereocenters. The molecule has 1 saturated carbocycles. The lowest BCUT2D eigenvalue weighted by Gasteiger charge is -2.36. The summed E-state index contributed by atoms with van der Waals surface area (Å²) in [6.45, 7) is 4.30. The number of anilines is 1. The van der Waals surface area contributed by atoms with Gasteiger partial charge in [-0.25, -0.2) is 4.39 Å². The third-order valence-electron chi connectivity index (χ3n) is 6.13. The summed E-state index contributed by atoms with van der Waals surface area (Å²) in [5.74, 6) is -0.106. The molecule has 5 heteroatoms. The average Bonchev–Trinajstić information content (AvgIpc) is 2.76. The maximum Gasteiger partial charge on any atom is 0.251 e. The van der Waals surface area contributed by atoms with Gasteiger partial charge in [0, 0.05) is 44.3 Å². The van der Waals surface area contributed by atoms with E-state index in [0.717, 1.165) is 51.1 Å². The Labute approximate surface area is 172 Å². The van der Waals surface area contributed by atoms with Crippen molar-refractivity contribution in [1.29, 1.82) is 0 Å². The number of benzene rings is 2. The van der Waals surface area contributed by atoms with Crippen molar-refractivity contribution in [2.75, 3.05) is 31.1 Å². The van der Waals surface area contributed by atoms with Gasteiger partial charge in [-0.1, -0.05) is 43.5 Å². The number of piperazine rings is 1. The number of carbonyl (C=O) groups excluding carboxylic acids is 1. The first kappa shape index (κ1) is 19.9. The fraction of sp³-hybridized carbons (Fsp3) is 0.458. The third-order valence-corrected chi connectivity index (χ3v) is 6.13. The van der Waals surface area contributed by atoms with E-state index < -0.39 is 0 Å². The largest absolute Gasteiger partial charge is 0.367 e. The Balaban J connectivity index is 1.27. The molecule has 2 aromatic rings. The van der Waals surface area contributed by atoms with Crippen molar-refractivity contribution in [2.24, 2.45) is 0 Å². The van der Waals surface area contributed by atoms with Crippen molar-refractivity contribution >= 4 is 11.6 Å². The van der Waals surface area contributed by atoms with Crippen molar-refractivity contribution in [2.45, 2.75) is 44.7 Å². The monoisotopic (exact) mass is 395 g/mol. The molecule has 2 aliphatic rings. The first-order valence-corrected chi connectivity index (χ1v) is 10.8. The summed E-state index contributed by atoms with van der Waals surface area (Å²) in [5, 5.41) is 3.18. The maximum atomic E-state index is 14.0. The molecular weight excluding hydrogens is 365 g/mol. The lowest BCUT2D eigenvalue weighted by molar-refractivity contribution is 0.0927. The van der Waals surface area contributed by atoms with Gasteiger partial charge in [0.15, 0.2) is 0 Å². The zero-order chi connectivity index (χ0) is 20.1. The molecule has 1 aliphatic heterocycles. The highest BCUT2D eigenvalue weighted by atomic mass is 19.1. The van der Waals surface area contributed by atoms with Gasteiger partial charge in [0.25, 0.3) is 5.91 Å². The molecular formula is C24H30FN3O. The van der Waals surface area contributed by atoms with Crippen molar-refractivity contribution in [3.05, 3.63) is 65.5 Å². The summed E-state index contributed by atoms with van der Waals surface area (Å²) in [7, 11) is 0. The molecule has 0 bridgehead atoms. The zero-order valence-electron chi connectivity index (χ0n) is 16.9. The Hall–Kier alpha value is -2.40. The van der Waals surface area contributed by atoms with E-state index in [9.17, 15) is 9.18 Å². The van der Waals surface area contributed by atoms with Crippen LogP contribution in [0, 0.1) is 5.82 Å². The van der Waals surface area contributed by atoms with Gasteiger partial charge in [-0.2, -0.15) is 0 Å². The number of rotatable bonds is 5. The predicted octanol–water partition coefficient (Wildman–Crippen LogP) is 4.21. The molecule has 1 amide bonds. The standard InChI is InChI=1S/C24H30FN3O/c25-22-8-4-5-9-23(22)28-16-14-27(15-17-28)18-19-10-12-20(13-11-19)24(29)26-21-6-2-1-3-7-21/h4-5,8-13,21H,1-3,6-7,14-18H2,(H,26,29). The van der Waals surface area contributed by atoms with Crippen LogP contribution in [0.2, 0.25) is 0 Å². The Morgan fingerprint density at radius 1 is 0.931 bits per heavy atom. The molecule has 1 heterocycles. The summed E-state index contributed by atoms with van der Waals surface area (Å²) < 4.78 is 14.0. The van der Waals surface area contributed by atoms with Gasteiger partial charge < -0.3 is 10.2 Å². The van der Waals surface area contributed by atoms with E-state index >= 15 is 0 Å². The van der Waals surface area contributed by atoms with E-state index in [1.807, 2.05) is 24.3 Å². The molecule has 1 saturated heterocycles. The van der Waals surface area contributed by atoms with E-state index in [1.54, 1.807) is 6.07 Å². The van der Waals surface area contributed by atoms with Crippen LogP contribution in [-0.4, -0.2) is 43.0 Å². The van der Waals surface area contributed by atoms with Crippen molar-refractivity contribution in [1.82, 2.24) is 10.2 Å². The lowest BCUT2D eigenvalue weighted by atomic mass is 9.95. The smallest absolute Gasteiger partial charge is 0.251 e. The summed E-state index contributed by atoms with van der Waals surface area (Å²) in [6.07, 6.45) is 5.92. The van der Waals surface area contributed by atoms with Crippen LogP contribution in [0.1, 0.15) is 48.0 Å². The van der Waals surface area contributed by atoms with Crippen LogP contribution in [-0.2, 0) is 6.54 Å². The van der Waals surface area contributed by atoms with Crippen molar-refractivity contribution in [3.8, 4) is 0 Å². The number of hydrogen-bond donors (Lipinski definition) is 1. The van der Waals surface area contributed by atoms with Crippen molar-refractivity contribution < 1.29 is 9.18 Å². The topological polar surface area (TPSA) is 35.6 Å². The Morgan fingerprint density at radius 2 is 1.62 bits per heavy atom. The molecule has 0 aromatic heterocycles. The van der Waals surface area contributed by atoms with E-state index in [4.69, 9.17) is 0 Å². The molecule has 4 nitrogen and oxygen atoms in total. The number of nitrogens with zero attached hydrogens (tertiary/aromatic N) is 2. The van der Waals surface area contributed by atoms with Crippen LogP contribution in [0.25, 0.3) is 0 Å². The summed E-state index contributed by atoms with van der Waals surface area (Å²) in [5.41, 5.74) is 2.64. The second kappa shape index (κ2) is 9.40. The van der Waals surface area contributed by atoms with E-state index in [2.05, 4.69) is 27.2 Å². The second-order valence-corrected chi connectivity index (χ2v) is 8.22. The quantitative estimate of drug-likeness (QED) is 0.824. The third kappa shape index (κ3) is 5.15. The molecule has 0 spiro atoms. The molecule has 29 heavy (non-hydrogen) atoms. The van der Waals surface area contributed by atoms with Crippen molar-refractivity contribution in [3.63, 3.8) is 0 Å². The van der Waals surface area contributed by atoms with Crippen LogP contribution >= 0.6 is 0 Å². The molecule has 2 aromatic carbocycles. The van der Waals surface area contributed by atoms with Crippen LogP contribution < -0.4 is 10.2 Å². The van der Waals surface area contributed by atoms with Crippen LogP contribution in [0.15, 0.2) is 48.5 Å². The molecule has 0 atom stereocenters. The molecule has 1 N–H and O–H groups in total. The number of amides is 1. The zero-order valence-corrected chi connectivity index (χ0v) is 16.9. The van der Waals surface area contributed by atoms with Gasteiger partial charge in [0.2, 0.25) is 0 Å². The fourth-order valence-electron chi connectivity index (χ4n) is 4.39. The lowest BCUT2D eigenvalue weighted by Crippen LogP contribution is -2.46. The average molecular weight is 396 g/mol. The minimum Gasteiger partial charge on any atom is -0.367 e. The number of hydrogen-bond acceptors (Lipinski definition) is 3. The molecule has 0 radical (unpaired) electrons. The highest BCUT2D eigenvalue weighted by Gasteiger charge is 2.20. The molecule has 4 rings (SSSR count). The fourth-order valence-corrected chi connectivity index (χ4v) is 4.39. The van der Waals surface area contributed by atoms with Gasteiger partial charge in [0.05, 0.1) is 5.69 Å². The van der Waals surface area contributed by atoms with Crippen LogP contribution in [0.4, 0.5) is 10.1 Å². The molecule has 154 valence electrons. The molecule has 1 aliphatic carbocycles. The Kier molecular flexibility index (Phi) is 6.45. The number of carbonyl (C=O) groups is 1. The van der Waals surface area contributed by atoms with E-state index in [-0.39, 0.29) is 11.7 Å². The normalized spacial score (nSPS) is 18.6. The number of nitrogens with one attached hydrogen (secondary N) is 1. The summed E-state index contributed by atoms with van der Waals surface area (Å²) in [6, 6.07) is 15.3. The summed E-state index contributed by atoms with van der Waals surface area (Å²) in [4.78, 5) is 17.0. The summed E-state index contributed by atoms with van der Waals surface area (Å²) >= 11 is 0. The minimum absolute atomic E-state index is 0.0435. The van der Waals surface area contributed by atoms with E-state index in [0.29, 0.717) is 11.7 Å². The van der Waals surface area contributed by atoms with Gasteiger partial charge in [-0.15, -0.1) is 0 Å². The van der Waals surface area contributed by atoms with Gasteiger partial charge in [0.1, 0.15) is 5.82 Å². The molecule has 2 fully saturated rings. The van der Waals surface area contributed by atoms with Gasteiger partial charge in [-0.05, 0) is 42.7 Å².